The van der Waals surface area contributed by atoms with Gasteiger partial charge in [0.05, 0.1) is 11.7 Å². The van der Waals surface area contributed by atoms with Crippen LogP contribution in [0.5, 0.6) is 0 Å². The second kappa shape index (κ2) is 5.82. The molecule has 1 rings (SSSR count). The minimum absolute atomic E-state index is 0.0865. The first kappa shape index (κ1) is 13.7. The Morgan fingerprint density at radius 2 is 1.88 bits per heavy atom. The molecule has 5 heteroatoms. The lowest BCUT2D eigenvalue weighted by atomic mass is 9.97. The zero-order chi connectivity index (χ0) is 12.9. The summed E-state index contributed by atoms with van der Waals surface area (Å²) < 4.78 is 22.0. The number of carboxylic acids is 1. The van der Waals surface area contributed by atoms with Crippen LogP contribution in [0.1, 0.15) is 12.0 Å². The monoisotopic (exact) mass is 256 g/mol. The minimum atomic E-state index is -3.11. The molecular weight excluding hydrogens is 240 g/mol. The molecule has 0 radical (unpaired) electrons. The molecule has 0 bridgehead atoms. The number of sulfone groups is 1. The van der Waals surface area contributed by atoms with Gasteiger partial charge < -0.3 is 5.11 Å². The van der Waals surface area contributed by atoms with Crippen LogP contribution < -0.4 is 0 Å². The van der Waals surface area contributed by atoms with Crippen LogP contribution in [0, 0.1) is 5.92 Å². The number of carbonyl (C=O) groups is 1. The summed E-state index contributed by atoms with van der Waals surface area (Å²) >= 11 is 0. The van der Waals surface area contributed by atoms with Crippen molar-refractivity contribution in [3.05, 3.63) is 35.9 Å². The van der Waals surface area contributed by atoms with E-state index in [0.717, 1.165) is 11.8 Å². The zero-order valence-electron chi connectivity index (χ0n) is 9.67. The predicted octanol–water partition coefficient (Wildman–Crippen LogP) is 1.36. The number of carboxylic acid groups (broad SMARTS) is 1. The molecule has 0 amide bonds. The van der Waals surface area contributed by atoms with Gasteiger partial charge >= 0.3 is 5.97 Å². The molecule has 0 saturated carbocycles. The molecule has 0 spiro atoms. The van der Waals surface area contributed by atoms with Crippen LogP contribution in [0.2, 0.25) is 0 Å². The molecule has 1 unspecified atom stereocenters. The Labute approximate surface area is 101 Å². The van der Waals surface area contributed by atoms with Crippen molar-refractivity contribution in [2.45, 2.75) is 12.8 Å². The molecular formula is C12H16O4S. The Balaban J connectivity index is 2.65. The standard InChI is InChI=1S/C12H16O4S/c1-17(15,16)8-7-11(12(13)14)9-10-5-3-2-4-6-10/h2-6,11H,7-9H2,1H3,(H,13,14). The van der Waals surface area contributed by atoms with Crippen LogP contribution in [-0.4, -0.2) is 31.5 Å². The smallest absolute Gasteiger partial charge is 0.306 e. The molecule has 17 heavy (non-hydrogen) atoms. The SMILES string of the molecule is CS(=O)(=O)CCC(Cc1ccccc1)C(=O)O. The lowest BCUT2D eigenvalue weighted by Crippen LogP contribution is -2.20. The van der Waals surface area contributed by atoms with Crippen molar-refractivity contribution in [1.29, 1.82) is 0 Å². The van der Waals surface area contributed by atoms with Crippen molar-refractivity contribution in [3.63, 3.8) is 0 Å². The maximum absolute atomic E-state index is 11.0. The molecule has 0 fully saturated rings. The van der Waals surface area contributed by atoms with Gasteiger partial charge in [0, 0.05) is 6.26 Å². The fourth-order valence-corrected chi connectivity index (χ4v) is 2.28. The fourth-order valence-electron chi connectivity index (χ4n) is 1.57. The summed E-state index contributed by atoms with van der Waals surface area (Å²) in [4.78, 5) is 11.0. The highest BCUT2D eigenvalue weighted by Gasteiger charge is 2.19. The Kier molecular flexibility index (Phi) is 4.69. The van der Waals surface area contributed by atoms with Gasteiger partial charge in [0.15, 0.2) is 0 Å². The van der Waals surface area contributed by atoms with Crippen LogP contribution in [-0.2, 0) is 21.1 Å². The molecule has 1 N–H and O–H groups in total. The van der Waals surface area contributed by atoms with Gasteiger partial charge in [-0.1, -0.05) is 30.3 Å². The molecule has 1 aromatic carbocycles. The van der Waals surface area contributed by atoms with Gasteiger partial charge in [-0.3, -0.25) is 4.79 Å². The van der Waals surface area contributed by atoms with Gasteiger partial charge in [0.25, 0.3) is 0 Å². The average molecular weight is 256 g/mol. The van der Waals surface area contributed by atoms with E-state index >= 15 is 0 Å². The molecule has 0 aromatic heterocycles. The second-order valence-corrected chi connectivity index (χ2v) is 6.40. The topological polar surface area (TPSA) is 71.4 Å². The largest absolute Gasteiger partial charge is 0.481 e. The number of hydrogen-bond acceptors (Lipinski definition) is 3. The van der Waals surface area contributed by atoms with E-state index < -0.39 is 21.7 Å². The highest BCUT2D eigenvalue weighted by atomic mass is 32.2. The summed E-state index contributed by atoms with van der Waals surface area (Å²) in [6.45, 7) is 0. The lowest BCUT2D eigenvalue weighted by Gasteiger charge is -2.11. The molecule has 1 aromatic rings. The molecule has 0 aliphatic carbocycles. The molecule has 0 aliphatic rings. The van der Waals surface area contributed by atoms with E-state index in [0.29, 0.717) is 6.42 Å². The third-order valence-electron chi connectivity index (χ3n) is 2.51. The van der Waals surface area contributed by atoms with E-state index in [1.54, 1.807) is 0 Å². The lowest BCUT2D eigenvalue weighted by molar-refractivity contribution is -0.141. The van der Waals surface area contributed by atoms with Crippen LogP contribution in [0.3, 0.4) is 0 Å². The molecule has 0 heterocycles. The summed E-state index contributed by atoms with van der Waals surface area (Å²) in [6.07, 6.45) is 1.64. The van der Waals surface area contributed by atoms with E-state index in [1.165, 1.54) is 0 Å². The van der Waals surface area contributed by atoms with E-state index in [2.05, 4.69) is 0 Å². The average Bonchev–Trinajstić information content (AvgIpc) is 2.24. The van der Waals surface area contributed by atoms with E-state index in [9.17, 15) is 13.2 Å². The van der Waals surface area contributed by atoms with Gasteiger partial charge in [-0.2, -0.15) is 0 Å². The second-order valence-electron chi connectivity index (χ2n) is 4.14. The van der Waals surface area contributed by atoms with Gasteiger partial charge in [-0.05, 0) is 18.4 Å². The quantitative estimate of drug-likeness (QED) is 0.834. The van der Waals surface area contributed by atoms with Crippen LogP contribution in [0.25, 0.3) is 0 Å². The summed E-state index contributed by atoms with van der Waals surface area (Å²) in [5, 5.41) is 9.04. The van der Waals surface area contributed by atoms with Crippen molar-refractivity contribution < 1.29 is 18.3 Å². The summed E-state index contributed by atoms with van der Waals surface area (Å²) in [6, 6.07) is 9.22. The number of rotatable bonds is 6. The summed E-state index contributed by atoms with van der Waals surface area (Å²) in [5.74, 6) is -1.68. The zero-order valence-corrected chi connectivity index (χ0v) is 10.5. The van der Waals surface area contributed by atoms with Crippen molar-refractivity contribution in [2.24, 2.45) is 5.92 Å². The Hall–Kier alpha value is -1.36. The van der Waals surface area contributed by atoms with Crippen molar-refractivity contribution in [1.82, 2.24) is 0 Å². The Morgan fingerprint density at radius 3 is 2.35 bits per heavy atom. The number of hydrogen-bond donors (Lipinski definition) is 1. The molecule has 0 saturated heterocycles. The summed E-state index contributed by atoms with van der Waals surface area (Å²) in [5.41, 5.74) is 0.911. The molecule has 4 nitrogen and oxygen atoms in total. The van der Waals surface area contributed by atoms with Crippen molar-refractivity contribution in [3.8, 4) is 0 Å². The van der Waals surface area contributed by atoms with E-state index in [1.807, 2.05) is 30.3 Å². The third-order valence-corrected chi connectivity index (χ3v) is 3.49. The Bertz CT molecular complexity index is 465. The molecule has 1 atom stereocenters. The van der Waals surface area contributed by atoms with Crippen LogP contribution in [0.4, 0.5) is 0 Å². The maximum atomic E-state index is 11.0. The van der Waals surface area contributed by atoms with Gasteiger partial charge in [-0.15, -0.1) is 0 Å². The van der Waals surface area contributed by atoms with Crippen molar-refractivity contribution >= 4 is 15.8 Å². The Morgan fingerprint density at radius 1 is 1.29 bits per heavy atom. The van der Waals surface area contributed by atoms with Crippen LogP contribution in [0.15, 0.2) is 30.3 Å². The predicted molar refractivity (Wildman–Crippen MR) is 65.6 cm³/mol. The fraction of sp³-hybridized carbons (Fsp3) is 0.417. The van der Waals surface area contributed by atoms with Gasteiger partial charge in [0.2, 0.25) is 0 Å². The van der Waals surface area contributed by atoms with Crippen LogP contribution >= 0.6 is 0 Å². The third kappa shape index (κ3) is 5.49. The van der Waals surface area contributed by atoms with Gasteiger partial charge in [0.1, 0.15) is 9.84 Å². The highest BCUT2D eigenvalue weighted by Crippen LogP contribution is 2.13. The van der Waals surface area contributed by atoms with Gasteiger partial charge in [-0.25, -0.2) is 8.42 Å². The highest BCUT2D eigenvalue weighted by molar-refractivity contribution is 7.90. The molecule has 0 aliphatic heterocycles. The minimum Gasteiger partial charge on any atom is -0.481 e. The number of aliphatic carboxylic acids is 1. The molecule has 94 valence electrons. The van der Waals surface area contributed by atoms with Crippen molar-refractivity contribution in [2.75, 3.05) is 12.0 Å². The van der Waals surface area contributed by atoms with E-state index in [4.69, 9.17) is 5.11 Å². The summed E-state index contributed by atoms with van der Waals surface area (Å²) in [7, 11) is -3.11. The first-order valence-corrected chi connectivity index (χ1v) is 7.39. The normalized spacial score (nSPS) is 13.2. The first-order chi connectivity index (χ1) is 7.88. The maximum Gasteiger partial charge on any atom is 0.306 e. The first-order valence-electron chi connectivity index (χ1n) is 5.33. The van der Waals surface area contributed by atoms with E-state index in [-0.39, 0.29) is 12.2 Å². The number of benzene rings is 1.